The molecule has 10 aromatic rings. The number of aromatic nitrogens is 2. The van der Waals surface area contributed by atoms with E-state index in [0.717, 1.165) is 76.8 Å². The number of fused-ring (bicyclic) bond motifs is 8. The summed E-state index contributed by atoms with van der Waals surface area (Å²) in [6, 6.07) is 53.5. The molecule has 48 heavy (non-hydrogen) atoms. The van der Waals surface area contributed by atoms with Gasteiger partial charge < -0.3 is 9.13 Å². The van der Waals surface area contributed by atoms with Crippen molar-refractivity contribution in [2.45, 2.75) is 0 Å². The second-order valence-electron chi connectivity index (χ2n) is 12.3. The van der Waals surface area contributed by atoms with E-state index in [0.29, 0.717) is 11.3 Å². The number of rotatable bonds is 4. The van der Waals surface area contributed by atoms with Crippen molar-refractivity contribution in [3.05, 3.63) is 182 Å². The van der Waals surface area contributed by atoms with Crippen molar-refractivity contribution in [1.29, 1.82) is 0 Å². The van der Waals surface area contributed by atoms with Crippen molar-refractivity contribution in [3.63, 3.8) is 0 Å². The predicted octanol–water partition coefficient (Wildman–Crippen LogP) is 12.4. The van der Waals surface area contributed by atoms with Crippen LogP contribution in [0.3, 0.4) is 0 Å². The molecule has 0 atom stereocenters. The van der Waals surface area contributed by atoms with E-state index in [1.54, 1.807) is 0 Å². The SMILES string of the molecule is [2H]c1c([2H])c([2H])c(-n2c3cc4c(cc3c3c5ccccc5ccc32)c2ccccc2n4-c2ccc(-c3ccccc3)cc2)c(-c2ccccc2)c1[2H]. The van der Waals surface area contributed by atoms with Gasteiger partial charge in [-0.1, -0.05) is 139 Å². The highest BCUT2D eigenvalue weighted by molar-refractivity contribution is 6.25. The van der Waals surface area contributed by atoms with Gasteiger partial charge in [0.2, 0.25) is 0 Å². The Morgan fingerprint density at radius 1 is 0.396 bits per heavy atom. The predicted molar refractivity (Wildman–Crippen MR) is 203 cm³/mol. The lowest BCUT2D eigenvalue weighted by molar-refractivity contribution is 1.17. The minimum atomic E-state index is -0.260. The molecule has 0 aliphatic rings. The first-order chi connectivity index (χ1) is 25.5. The fourth-order valence-corrected chi connectivity index (χ4v) is 7.49. The minimum absolute atomic E-state index is 0.0633. The highest BCUT2D eigenvalue weighted by atomic mass is 15.0. The van der Waals surface area contributed by atoms with Gasteiger partial charge in [-0.3, -0.25) is 0 Å². The second-order valence-corrected chi connectivity index (χ2v) is 12.3. The van der Waals surface area contributed by atoms with Gasteiger partial charge in [0.15, 0.2) is 0 Å². The Balaban J connectivity index is 1.37. The first kappa shape index (κ1) is 23.0. The van der Waals surface area contributed by atoms with Gasteiger partial charge in [0.05, 0.1) is 33.2 Å². The monoisotopic (exact) mass is 614 g/mol. The summed E-state index contributed by atoms with van der Waals surface area (Å²) in [5.41, 5.74) is 8.82. The Morgan fingerprint density at radius 2 is 1.04 bits per heavy atom. The van der Waals surface area contributed by atoms with Gasteiger partial charge >= 0.3 is 0 Å². The highest BCUT2D eigenvalue weighted by Crippen LogP contribution is 2.43. The summed E-state index contributed by atoms with van der Waals surface area (Å²) >= 11 is 0. The van der Waals surface area contributed by atoms with Crippen LogP contribution in [0.15, 0.2) is 182 Å². The van der Waals surface area contributed by atoms with E-state index in [9.17, 15) is 2.74 Å². The number of benzene rings is 8. The van der Waals surface area contributed by atoms with Crippen LogP contribution in [-0.4, -0.2) is 9.13 Å². The maximum absolute atomic E-state index is 9.41. The summed E-state index contributed by atoms with van der Waals surface area (Å²) in [4.78, 5) is 0. The molecule has 0 N–H and O–H groups in total. The first-order valence-electron chi connectivity index (χ1n) is 18.2. The van der Waals surface area contributed by atoms with E-state index in [2.05, 4.69) is 124 Å². The van der Waals surface area contributed by atoms with Gasteiger partial charge in [-0.25, -0.2) is 0 Å². The molecule has 0 fully saturated rings. The van der Waals surface area contributed by atoms with Crippen LogP contribution in [0, 0.1) is 0 Å². The normalized spacial score (nSPS) is 12.9. The number of nitrogens with zero attached hydrogens (tertiary/aromatic N) is 2. The van der Waals surface area contributed by atoms with Crippen molar-refractivity contribution in [3.8, 4) is 33.6 Å². The molecule has 0 aliphatic heterocycles. The van der Waals surface area contributed by atoms with E-state index in [1.165, 1.54) is 0 Å². The van der Waals surface area contributed by atoms with E-state index in [1.807, 2.05) is 42.5 Å². The zero-order chi connectivity index (χ0) is 35.1. The molecule has 0 bridgehead atoms. The van der Waals surface area contributed by atoms with Gasteiger partial charge in [0.1, 0.15) is 0 Å². The van der Waals surface area contributed by atoms with Crippen LogP contribution in [-0.2, 0) is 0 Å². The zero-order valence-corrected chi connectivity index (χ0v) is 25.9. The molecule has 0 saturated carbocycles. The van der Waals surface area contributed by atoms with Crippen molar-refractivity contribution < 1.29 is 5.48 Å². The molecule has 224 valence electrons. The zero-order valence-electron chi connectivity index (χ0n) is 29.9. The van der Waals surface area contributed by atoms with E-state index < -0.39 is 0 Å². The summed E-state index contributed by atoms with van der Waals surface area (Å²) in [6.07, 6.45) is 0. The van der Waals surface area contributed by atoms with Crippen LogP contribution in [0.2, 0.25) is 0 Å². The number of para-hydroxylation sites is 2. The Morgan fingerprint density at radius 3 is 1.85 bits per heavy atom. The molecule has 2 heterocycles. The third-order valence-electron chi connectivity index (χ3n) is 9.63. The van der Waals surface area contributed by atoms with Gasteiger partial charge in [0.25, 0.3) is 0 Å². The average molecular weight is 615 g/mol. The van der Waals surface area contributed by atoms with Crippen LogP contribution < -0.4 is 0 Å². The van der Waals surface area contributed by atoms with Crippen LogP contribution in [0.1, 0.15) is 5.48 Å². The van der Waals surface area contributed by atoms with E-state index >= 15 is 0 Å². The third kappa shape index (κ3) is 4.00. The molecular formula is C46H30N2. The first-order valence-corrected chi connectivity index (χ1v) is 16.2. The second kappa shape index (κ2) is 10.6. The molecule has 0 amide bonds. The molecule has 10 rings (SSSR count). The summed E-state index contributed by atoms with van der Waals surface area (Å²) < 4.78 is 40.5. The van der Waals surface area contributed by atoms with E-state index in [4.69, 9.17) is 2.74 Å². The standard InChI is InChI=1S/C46H30N2/c1-3-13-31(14-4-1)32-23-26-35(27-24-32)47-42-22-12-10-20-38(42)39-29-40-45(30-44(39)47)48(43-28-25-34-17-7-8-19-37(34)46(40)43)41-21-11-9-18-36(41)33-15-5-2-6-16-33/h1-30H/i9D,11D,18D,21D. The van der Waals surface area contributed by atoms with Crippen molar-refractivity contribution in [2.24, 2.45) is 0 Å². The Labute approximate surface area is 284 Å². The van der Waals surface area contributed by atoms with Crippen LogP contribution in [0.25, 0.3) is 88.0 Å². The fourth-order valence-electron chi connectivity index (χ4n) is 7.49. The maximum atomic E-state index is 9.41. The third-order valence-corrected chi connectivity index (χ3v) is 9.63. The largest absolute Gasteiger partial charge is 0.309 e. The summed E-state index contributed by atoms with van der Waals surface area (Å²) in [7, 11) is 0. The summed E-state index contributed by atoms with van der Waals surface area (Å²) in [5.74, 6) is 0. The summed E-state index contributed by atoms with van der Waals surface area (Å²) in [6.45, 7) is 0. The van der Waals surface area contributed by atoms with Crippen molar-refractivity contribution in [2.75, 3.05) is 0 Å². The Hall–Kier alpha value is -6.38. The van der Waals surface area contributed by atoms with Crippen LogP contribution in [0.4, 0.5) is 0 Å². The lowest BCUT2D eigenvalue weighted by Crippen LogP contribution is -1.98. The molecule has 2 aromatic heterocycles. The number of hydrogen-bond acceptors (Lipinski definition) is 0. The lowest BCUT2D eigenvalue weighted by Gasteiger charge is -2.14. The van der Waals surface area contributed by atoms with Gasteiger partial charge in [-0.2, -0.15) is 0 Å². The fraction of sp³-hybridized carbons (Fsp3) is 0. The topological polar surface area (TPSA) is 9.86 Å². The Bertz CT molecular complexity index is 3030. The van der Waals surface area contributed by atoms with Crippen molar-refractivity contribution >= 4 is 54.4 Å². The molecule has 2 nitrogen and oxygen atoms in total. The van der Waals surface area contributed by atoms with Crippen LogP contribution >= 0.6 is 0 Å². The van der Waals surface area contributed by atoms with Gasteiger partial charge in [-0.15, -0.1) is 0 Å². The van der Waals surface area contributed by atoms with Crippen molar-refractivity contribution in [1.82, 2.24) is 9.13 Å². The Kier molecular flexibility index (Phi) is 5.08. The quantitative estimate of drug-likeness (QED) is 0.187. The summed E-state index contributed by atoms with van der Waals surface area (Å²) in [5, 5.41) is 6.51. The molecule has 0 saturated heterocycles. The molecule has 0 spiro atoms. The average Bonchev–Trinajstić information content (AvgIpc) is 3.70. The highest BCUT2D eigenvalue weighted by Gasteiger charge is 2.21. The molecule has 0 aliphatic carbocycles. The van der Waals surface area contributed by atoms with Crippen LogP contribution in [0.5, 0.6) is 0 Å². The van der Waals surface area contributed by atoms with Gasteiger partial charge in [0, 0.05) is 32.8 Å². The maximum Gasteiger partial charge on any atom is 0.0645 e. The molecule has 2 heteroatoms. The lowest BCUT2D eigenvalue weighted by atomic mass is 10.0. The molecular weight excluding hydrogens is 581 g/mol. The van der Waals surface area contributed by atoms with Gasteiger partial charge in [-0.05, 0) is 69.9 Å². The molecule has 0 unspecified atom stereocenters. The van der Waals surface area contributed by atoms with E-state index in [-0.39, 0.29) is 24.2 Å². The molecule has 8 aromatic carbocycles. The number of hydrogen-bond donors (Lipinski definition) is 0. The minimum Gasteiger partial charge on any atom is -0.309 e. The smallest absolute Gasteiger partial charge is 0.0645 e. The molecule has 0 radical (unpaired) electrons.